The van der Waals surface area contributed by atoms with Crippen molar-refractivity contribution < 1.29 is 9.53 Å². The van der Waals surface area contributed by atoms with Gasteiger partial charge in [-0.05, 0) is 48.2 Å². The van der Waals surface area contributed by atoms with Gasteiger partial charge in [0.15, 0.2) is 0 Å². The number of hydrogen-bond acceptors (Lipinski definition) is 5. The molecule has 1 amide bonds. The highest BCUT2D eigenvalue weighted by atomic mass is 16.5. The van der Waals surface area contributed by atoms with Gasteiger partial charge in [-0.15, -0.1) is 0 Å². The molecule has 30 heavy (non-hydrogen) atoms. The molecule has 156 valence electrons. The van der Waals surface area contributed by atoms with Crippen LogP contribution >= 0.6 is 0 Å². The molecule has 1 unspecified atom stereocenters. The van der Waals surface area contributed by atoms with Crippen LogP contribution in [0.2, 0.25) is 0 Å². The van der Waals surface area contributed by atoms with Crippen molar-refractivity contribution in [2.75, 3.05) is 19.4 Å². The first-order chi connectivity index (χ1) is 14.5. The summed E-state index contributed by atoms with van der Waals surface area (Å²) < 4.78 is 6.05. The van der Waals surface area contributed by atoms with E-state index in [1.165, 1.54) is 0 Å². The number of aromatic nitrogens is 1. The van der Waals surface area contributed by atoms with Gasteiger partial charge in [0.2, 0.25) is 0 Å². The lowest BCUT2D eigenvalue weighted by Crippen LogP contribution is -2.19. The summed E-state index contributed by atoms with van der Waals surface area (Å²) in [5, 5.41) is 5.81. The Balaban J connectivity index is 1.89. The number of ether oxygens (including phenoxy) is 1. The van der Waals surface area contributed by atoms with Crippen molar-refractivity contribution in [2.45, 2.75) is 26.3 Å². The number of carbonyl (C=O) groups excluding carboxylic acids is 1. The minimum Gasteiger partial charge on any atom is -0.456 e. The lowest BCUT2D eigenvalue weighted by molar-refractivity contribution is 0.0962. The van der Waals surface area contributed by atoms with Crippen LogP contribution in [-0.4, -0.2) is 25.0 Å². The highest BCUT2D eigenvalue weighted by Gasteiger charge is 2.12. The Hall–Kier alpha value is -3.38. The van der Waals surface area contributed by atoms with Gasteiger partial charge in [0.25, 0.3) is 5.91 Å². The monoisotopic (exact) mass is 404 g/mol. The molecule has 4 N–H and O–H groups in total. The Morgan fingerprint density at radius 1 is 1.10 bits per heavy atom. The maximum Gasteiger partial charge on any atom is 0.251 e. The maximum absolute atomic E-state index is 12.1. The zero-order chi connectivity index (χ0) is 21.7. The van der Waals surface area contributed by atoms with Gasteiger partial charge < -0.3 is 21.1 Å². The molecule has 0 spiro atoms. The summed E-state index contributed by atoms with van der Waals surface area (Å²) in [6.07, 6.45) is 2.46. The molecule has 0 radical (unpaired) electrons. The van der Waals surface area contributed by atoms with Crippen LogP contribution in [0.4, 0.5) is 5.69 Å². The van der Waals surface area contributed by atoms with Crippen LogP contribution < -0.4 is 21.1 Å². The number of nitrogens with one attached hydrogen (secondary N) is 2. The fourth-order valence-electron chi connectivity index (χ4n) is 3.37. The third-order valence-electron chi connectivity index (χ3n) is 4.95. The Bertz CT molecular complexity index is 1050. The zero-order valence-electron chi connectivity index (χ0n) is 17.8. The van der Waals surface area contributed by atoms with E-state index in [-0.39, 0.29) is 11.9 Å². The summed E-state index contributed by atoms with van der Waals surface area (Å²) in [6, 6.07) is 15.5. The summed E-state index contributed by atoms with van der Waals surface area (Å²) in [6.45, 7) is 3.94. The topological polar surface area (TPSA) is 89.3 Å². The van der Waals surface area contributed by atoms with Crippen LogP contribution in [0, 0.1) is 0 Å². The first kappa shape index (κ1) is 21.3. The lowest BCUT2D eigenvalue weighted by Gasteiger charge is -2.14. The molecule has 2 aromatic carbocycles. The van der Waals surface area contributed by atoms with Crippen LogP contribution in [0.3, 0.4) is 0 Å². The molecule has 0 aliphatic rings. The molecular weight excluding hydrogens is 376 g/mol. The van der Waals surface area contributed by atoms with Crippen LogP contribution in [0.1, 0.15) is 41.5 Å². The van der Waals surface area contributed by atoms with Crippen molar-refractivity contribution in [3.63, 3.8) is 0 Å². The van der Waals surface area contributed by atoms with E-state index >= 15 is 0 Å². The van der Waals surface area contributed by atoms with E-state index in [1.54, 1.807) is 13.2 Å². The molecule has 6 heteroatoms. The second kappa shape index (κ2) is 9.41. The number of rotatable bonds is 7. The number of anilines is 1. The highest BCUT2D eigenvalue weighted by Crippen LogP contribution is 2.31. The molecule has 1 aromatic heterocycles. The van der Waals surface area contributed by atoms with E-state index in [9.17, 15) is 4.79 Å². The molecule has 0 aliphatic carbocycles. The molecular formula is C24H28N4O2. The number of pyridine rings is 1. The van der Waals surface area contributed by atoms with Crippen molar-refractivity contribution in [2.24, 2.45) is 5.73 Å². The van der Waals surface area contributed by atoms with Gasteiger partial charge in [-0.25, -0.2) is 0 Å². The average molecular weight is 405 g/mol. The normalized spacial score (nSPS) is 11.6. The quantitative estimate of drug-likeness (QED) is 0.539. The Morgan fingerprint density at radius 2 is 1.87 bits per heavy atom. The van der Waals surface area contributed by atoms with E-state index in [0.717, 1.165) is 34.5 Å². The SMILES string of the molecule is CCc1cc(-c2cccc(Oc3cnc(C(C)N)c(NC)c3)c2)ccc1C(=O)NC. The van der Waals surface area contributed by atoms with Crippen molar-refractivity contribution in [1.29, 1.82) is 0 Å². The van der Waals surface area contributed by atoms with E-state index in [2.05, 4.69) is 21.7 Å². The summed E-state index contributed by atoms with van der Waals surface area (Å²) in [4.78, 5) is 16.5. The van der Waals surface area contributed by atoms with E-state index in [0.29, 0.717) is 17.1 Å². The second-order valence-electron chi connectivity index (χ2n) is 7.08. The van der Waals surface area contributed by atoms with Gasteiger partial charge >= 0.3 is 0 Å². The van der Waals surface area contributed by atoms with Crippen LogP contribution in [0.25, 0.3) is 11.1 Å². The number of amides is 1. The molecule has 6 nitrogen and oxygen atoms in total. The summed E-state index contributed by atoms with van der Waals surface area (Å²) >= 11 is 0. The summed E-state index contributed by atoms with van der Waals surface area (Å²) in [7, 11) is 3.48. The molecule has 1 heterocycles. The minimum absolute atomic E-state index is 0.0708. The predicted octanol–water partition coefficient (Wildman–Crippen LogP) is 4.52. The molecule has 0 bridgehead atoms. The third-order valence-corrected chi connectivity index (χ3v) is 4.95. The molecule has 0 saturated carbocycles. The van der Waals surface area contributed by atoms with E-state index in [4.69, 9.17) is 10.5 Å². The van der Waals surface area contributed by atoms with Crippen molar-refractivity contribution in [1.82, 2.24) is 10.3 Å². The first-order valence-corrected chi connectivity index (χ1v) is 10.0. The van der Waals surface area contributed by atoms with Crippen molar-refractivity contribution in [3.8, 4) is 22.6 Å². The summed E-state index contributed by atoms with van der Waals surface area (Å²) in [5.74, 6) is 1.27. The van der Waals surface area contributed by atoms with Crippen LogP contribution in [0.5, 0.6) is 11.5 Å². The number of carbonyl (C=O) groups is 1. The Morgan fingerprint density at radius 3 is 2.53 bits per heavy atom. The number of benzene rings is 2. The van der Waals surface area contributed by atoms with Crippen LogP contribution in [-0.2, 0) is 6.42 Å². The highest BCUT2D eigenvalue weighted by molar-refractivity contribution is 5.96. The number of aryl methyl sites for hydroxylation is 1. The second-order valence-corrected chi connectivity index (χ2v) is 7.08. The van der Waals surface area contributed by atoms with Crippen molar-refractivity contribution >= 4 is 11.6 Å². The number of nitrogens with zero attached hydrogens (tertiary/aromatic N) is 1. The number of hydrogen-bond donors (Lipinski definition) is 3. The fourth-order valence-corrected chi connectivity index (χ4v) is 3.37. The third kappa shape index (κ3) is 4.60. The van der Waals surface area contributed by atoms with Crippen LogP contribution in [0.15, 0.2) is 54.7 Å². The van der Waals surface area contributed by atoms with Gasteiger partial charge in [0.1, 0.15) is 11.5 Å². The van der Waals surface area contributed by atoms with Gasteiger partial charge in [0.05, 0.1) is 17.6 Å². The standard InChI is InChI=1S/C24H28N4O2/c1-5-16-11-18(9-10-21(16)24(29)27-4)17-7-6-8-19(12-17)30-20-13-22(26-3)23(15(2)25)28-14-20/h6-15,26H,5,25H2,1-4H3,(H,27,29). The molecule has 1 atom stereocenters. The smallest absolute Gasteiger partial charge is 0.251 e. The molecule has 0 fully saturated rings. The van der Waals surface area contributed by atoms with Gasteiger partial charge in [-0.1, -0.05) is 31.2 Å². The minimum atomic E-state index is -0.171. The molecule has 3 aromatic rings. The Labute approximate surface area is 177 Å². The molecule has 3 rings (SSSR count). The van der Waals surface area contributed by atoms with Crippen molar-refractivity contribution in [3.05, 3.63) is 71.5 Å². The lowest BCUT2D eigenvalue weighted by atomic mass is 9.97. The molecule has 0 saturated heterocycles. The number of nitrogens with two attached hydrogens (primary N) is 1. The Kier molecular flexibility index (Phi) is 6.69. The molecule has 0 aliphatic heterocycles. The average Bonchev–Trinajstić information content (AvgIpc) is 2.78. The fraction of sp³-hybridized carbons (Fsp3) is 0.250. The van der Waals surface area contributed by atoms with Gasteiger partial charge in [-0.2, -0.15) is 0 Å². The van der Waals surface area contributed by atoms with Gasteiger partial charge in [0, 0.05) is 31.8 Å². The summed E-state index contributed by atoms with van der Waals surface area (Å²) in [5.41, 5.74) is 11.4. The largest absolute Gasteiger partial charge is 0.456 e. The van der Waals surface area contributed by atoms with Gasteiger partial charge in [-0.3, -0.25) is 9.78 Å². The first-order valence-electron chi connectivity index (χ1n) is 10.0. The maximum atomic E-state index is 12.1. The van der Waals surface area contributed by atoms with E-state index < -0.39 is 0 Å². The van der Waals surface area contributed by atoms with E-state index in [1.807, 2.05) is 63.4 Å². The predicted molar refractivity (Wildman–Crippen MR) is 121 cm³/mol. The zero-order valence-corrected chi connectivity index (χ0v) is 17.8.